The Hall–Kier alpha value is -1.79. The Morgan fingerprint density at radius 2 is 1.90 bits per heavy atom. The van der Waals surface area contributed by atoms with Crippen LogP contribution in [0.1, 0.15) is 64.0 Å². The fraction of sp³-hybridized carbons (Fsp3) is 0.667. The van der Waals surface area contributed by atoms with E-state index >= 15 is 0 Å². The van der Waals surface area contributed by atoms with E-state index in [4.69, 9.17) is 0 Å². The first-order chi connectivity index (χ1) is 14.3. The number of para-hydroxylation sites is 1. The van der Waals surface area contributed by atoms with Crippen molar-refractivity contribution in [2.45, 2.75) is 77.9 Å². The number of benzene rings is 1. The molecule has 0 aliphatic carbocycles. The molecule has 174 valence electrons. The molecule has 1 aromatic rings. The fourth-order valence-electron chi connectivity index (χ4n) is 4.81. The molecule has 0 radical (unpaired) electrons. The number of unbranched alkanes of at least 4 members (excludes halogenated alkanes) is 1. The SMILES string of the molecule is CCCCN1C(=O)[C@H](CC(C)C)NC(=O)C12CCN(Cc1cccc(C)c1O)CC2.Cl. The largest absolute Gasteiger partial charge is 0.507 e. The number of halogens is 1. The van der Waals surface area contributed by atoms with Crippen molar-refractivity contribution in [1.29, 1.82) is 0 Å². The van der Waals surface area contributed by atoms with Crippen molar-refractivity contribution in [2.24, 2.45) is 5.92 Å². The number of nitrogens with one attached hydrogen (secondary N) is 1. The molecule has 2 fully saturated rings. The number of hydrogen-bond acceptors (Lipinski definition) is 4. The highest BCUT2D eigenvalue weighted by molar-refractivity contribution is 6.00. The normalized spacial score (nSPS) is 21.3. The van der Waals surface area contributed by atoms with Crippen LogP contribution in [0.5, 0.6) is 5.75 Å². The molecule has 2 saturated heterocycles. The second-order valence-electron chi connectivity index (χ2n) is 9.39. The standard InChI is InChI=1S/C24H37N3O3.ClH/c1-5-6-12-27-22(29)20(15-17(2)3)25-23(30)24(27)10-13-26(14-11-24)16-19-9-7-8-18(4)21(19)28;/h7-9,17,20,28H,5-6,10-16H2,1-4H3,(H,25,30);1H/t20-;/m0./s1. The van der Waals surface area contributed by atoms with Gasteiger partial charge < -0.3 is 15.3 Å². The summed E-state index contributed by atoms with van der Waals surface area (Å²) in [5, 5.41) is 13.4. The number of likely N-dealkylation sites (tertiary alicyclic amines) is 1. The number of piperidine rings is 1. The number of phenolic OH excluding ortho intramolecular Hbond substituents is 1. The number of nitrogens with zero attached hydrogens (tertiary/aromatic N) is 2. The van der Waals surface area contributed by atoms with E-state index in [0.717, 1.165) is 37.1 Å². The monoisotopic (exact) mass is 451 g/mol. The molecule has 0 aromatic heterocycles. The zero-order valence-corrected chi connectivity index (χ0v) is 20.1. The molecule has 2 aliphatic rings. The van der Waals surface area contributed by atoms with Crippen LogP contribution in [0.3, 0.4) is 0 Å². The van der Waals surface area contributed by atoms with Gasteiger partial charge in [0.05, 0.1) is 0 Å². The van der Waals surface area contributed by atoms with E-state index in [2.05, 4.69) is 31.0 Å². The summed E-state index contributed by atoms with van der Waals surface area (Å²) < 4.78 is 0. The van der Waals surface area contributed by atoms with Crippen LogP contribution in [0.2, 0.25) is 0 Å². The van der Waals surface area contributed by atoms with E-state index in [1.54, 1.807) is 0 Å². The Labute approximate surface area is 192 Å². The highest BCUT2D eigenvalue weighted by Gasteiger charge is 2.53. The highest BCUT2D eigenvalue weighted by Crippen LogP contribution is 2.35. The number of amides is 2. The number of carbonyl (C=O) groups excluding carboxylic acids is 2. The molecule has 2 aliphatic heterocycles. The van der Waals surface area contributed by atoms with Crippen LogP contribution >= 0.6 is 12.4 Å². The van der Waals surface area contributed by atoms with Gasteiger partial charge >= 0.3 is 0 Å². The first kappa shape index (κ1) is 25.5. The summed E-state index contributed by atoms with van der Waals surface area (Å²) in [7, 11) is 0. The van der Waals surface area contributed by atoms with Crippen molar-refractivity contribution in [1.82, 2.24) is 15.1 Å². The van der Waals surface area contributed by atoms with Crippen LogP contribution < -0.4 is 5.32 Å². The molecule has 1 atom stereocenters. The van der Waals surface area contributed by atoms with Crippen LogP contribution in [-0.2, 0) is 16.1 Å². The number of phenols is 1. The Morgan fingerprint density at radius 3 is 2.52 bits per heavy atom. The predicted molar refractivity (Wildman–Crippen MR) is 125 cm³/mol. The Bertz CT molecular complexity index is 775. The second-order valence-corrected chi connectivity index (χ2v) is 9.39. The molecule has 6 nitrogen and oxygen atoms in total. The number of rotatable bonds is 7. The van der Waals surface area contributed by atoms with Crippen LogP contribution in [0.15, 0.2) is 18.2 Å². The van der Waals surface area contributed by atoms with E-state index in [-0.39, 0.29) is 24.2 Å². The average Bonchev–Trinajstić information content (AvgIpc) is 2.71. The van der Waals surface area contributed by atoms with Gasteiger partial charge in [-0.3, -0.25) is 14.5 Å². The van der Waals surface area contributed by atoms with Crippen LogP contribution in [0.25, 0.3) is 0 Å². The summed E-state index contributed by atoms with van der Waals surface area (Å²) in [6, 6.07) is 5.42. The molecule has 3 rings (SSSR count). The summed E-state index contributed by atoms with van der Waals surface area (Å²) in [5.41, 5.74) is 1.06. The molecule has 7 heteroatoms. The van der Waals surface area contributed by atoms with Gasteiger partial charge in [-0.25, -0.2) is 0 Å². The van der Waals surface area contributed by atoms with Gasteiger partial charge in [0.1, 0.15) is 17.3 Å². The second kappa shape index (κ2) is 10.7. The maximum absolute atomic E-state index is 13.3. The molecule has 0 saturated carbocycles. The molecule has 2 amide bonds. The van der Waals surface area contributed by atoms with E-state index in [0.29, 0.717) is 44.0 Å². The minimum Gasteiger partial charge on any atom is -0.507 e. The molecule has 2 heterocycles. The first-order valence-corrected chi connectivity index (χ1v) is 11.4. The van der Waals surface area contributed by atoms with Gasteiger partial charge in [-0.2, -0.15) is 0 Å². The van der Waals surface area contributed by atoms with Gasteiger partial charge in [0, 0.05) is 31.7 Å². The van der Waals surface area contributed by atoms with E-state index in [1.165, 1.54) is 0 Å². The highest BCUT2D eigenvalue weighted by atomic mass is 35.5. The lowest BCUT2D eigenvalue weighted by atomic mass is 9.80. The minimum absolute atomic E-state index is 0. The van der Waals surface area contributed by atoms with E-state index in [9.17, 15) is 14.7 Å². The van der Waals surface area contributed by atoms with Gasteiger partial charge in [-0.05, 0) is 44.1 Å². The van der Waals surface area contributed by atoms with Gasteiger partial charge in [0.15, 0.2) is 0 Å². The maximum Gasteiger partial charge on any atom is 0.246 e. The van der Waals surface area contributed by atoms with Crippen LogP contribution in [-0.4, -0.2) is 57.9 Å². The summed E-state index contributed by atoms with van der Waals surface area (Å²) in [6.45, 7) is 10.9. The number of aryl methyl sites for hydroxylation is 1. The number of aromatic hydroxyl groups is 1. The van der Waals surface area contributed by atoms with Crippen LogP contribution in [0.4, 0.5) is 0 Å². The lowest BCUT2D eigenvalue weighted by molar-refractivity contribution is -0.161. The molecular formula is C24H38ClN3O3. The summed E-state index contributed by atoms with van der Waals surface area (Å²) in [4.78, 5) is 30.8. The van der Waals surface area contributed by atoms with Crippen molar-refractivity contribution in [3.8, 4) is 5.75 Å². The third-order valence-electron chi connectivity index (χ3n) is 6.65. The summed E-state index contributed by atoms with van der Waals surface area (Å²) >= 11 is 0. The number of piperazine rings is 1. The Kier molecular flexibility index (Phi) is 8.78. The van der Waals surface area contributed by atoms with Gasteiger partial charge in [0.25, 0.3) is 0 Å². The Morgan fingerprint density at radius 1 is 1.23 bits per heavy atom. The molecule has 2 N–H and O–H groups in total. The van der Waals surface area contributed by atoms with Gasteiger partial charge in [-0.1, -0.05) is 45.4 Å². The molecule has 31 heavy (non-hydrogen) atoms. The molecular weight excluding hydrogens is 414 g/mol. The van der Waals surface area contributed by atoms with Gasteiger partial charge in [-0.15, -0.1) is 12.4 Å². The molecule has 0 bridgehead atoms. The molecule has 1 spiro atoms. The third-order valence-corrected chi connectivity index (χ3v) is 6.65. The summed E-state index contributed by atoms with van der Waals surface area (Å²) in [5.74, 6) is 0.804. The molecule has 1 aromatic carbocycles. The first-order valence-electron chi connectivity index (χ1n) is 11.4. The van der Waals surface area contributed by atoms with E-state index < -0.39 is 11.6 Å². The average molecular weight is 452 g/mol. The lowest BCUT2D eigenvalue weighted by Crippen LogP contribution is -2.73. The van der Waals surface area contributed by atoms with Crippen molar-refractivity contribution >= 4 is 24.2 Å². The molecule has 0 unspecified atom stereocenters. The van der Waals surface area contributed by atoms with Crippen LogP contribution in [0, 0.1) is 12.8 Å². The van der Waals surface area contributed by atoms with Crippen molar-refractivity contribution < 1.29 is 14.7 Å². The lowest BCUT2D eigenvalue weighted by Gasteiger charge is -2.52. The zero-order valence-electron chi connectivity index (χ0n) is 19.3. The minimum atomic E-state index is -0.731. The third kappa shape index (κ3) is 5.35. The smallest absolute Gasteiger partial charge is 0.246 e. The topological polar surface area (TPSA) is 72.9 Å². The quantitative estimate of drug-likeness (QED) is 0.663. The number of carbonyl (C=O) groups is 2. The predicted octanol–water partition coefficient (Wildman–Crippen LogP) is 3.63. The van der Waals surface area contributed by atoms with Gasteiger partial charge in [0.2, 0.25) is 11.8 Å². The van der Waals surface area contributed by atoms with E-state index in [1.807, 2.05) is 30.0 Å². The van der Waals surface area contributed by atoms with Crippen molar-refractivity contribution in [2.75, 3.05) is 19.6 Å². The number of hydrogen-bond donors (Lipinski definition) is 2. The maximum atomic E-state index is 13.3. The zero-order chi connectivity index (χ0) is 21.9. The Balaban J connectivity index is 0.00000341. The fourth-order valence-corrected chi connectivity index (χ4v) is 4.81. The van der Waals surface area contributed by atoms with Crippen molar-refractivity contribution in [3.63, 3.8) is 0 Å². The summed E-state index contributed by atoms with van der Waals surface area (Å²) in [6.07, 6.45) is 3.86. The van der Waals surface area contributed by atoms with Crippen molar-refractivity contribution in [3.05, 3.63) is 29.3 Å².